The van der Waals surface area contributed by atoms with Gasteiger partial charge in [0.1, 0.15) is 11.6 Å². The molecular formula is C27H27ClF2N4. The first kappa shape index (κ1) is 25.4. The Bertz CT molecular complexity index is 1300. The molecule has 0 radical (unpaired) electrons. The SMILES string of the molecule is C=C(/C=C(\CC)CNCCC)c1cnc2ccc(C(=C)C(=N)c3cc(Cl)c(F)cc3F)nc2c1. The molecule has 0 spiro atoms. The molecule has 0 amide bonds. The minimum atomic E-state index is -0.888. The van der Waals surface area contributed by atoms with Gasteiger partial charge in [-0.1, -0.05) is 50.3 Å². The maximum Gasteiger partial charge on any atom is 0.144 e. The molecule has 4 nitrogen and oxygen atoms in total. The first-order valence-corrected chi connectivity index (χ1v) is 11.4. The average Bonchev–Trinajstić information content (AvgIpc) is 2.84. The molecular weight excluding hydrogens is 454 g/mol. The molecule has 0 unspecified atom stereocenters. The Labute approximate surface area is 203 Å². The highest BCUT2D eigenvalue weighted by atomic mass is 35.5. The molecule has 0 aliphatic carbocycles. The Morgan fingerprint density at radius 1 is 1.12 bits per heavy atom. The van der Waals surface area contributed by atoms with Crippen LogP contribution >= 0.6 is 11.6 Å². The summed E-state index contributed by atoms with van der Waals surface area (Å²) < 4.78 is 27.8. The van der Waals surface area contributed by atoms with Crippen LogP contribution in [0.2, 0.25) is 5.02 Å². The van der Waals surface area contributed by atoms with Crippen LogP contribution in [-0.4, -0.2) is 28.8 Å². The van der Waals surface area contributed by atoms with Crippen LogP contribution in [0.3, 0.4) is 0 Å². The van der Waals surface area contributed by atoms with E-state index in [1.807, 2.05) is 6.07 Å². The highest BCUT2D eigenvalue weighted by molar-refractivity contribution is 6.33. The second-order valence-corrected chi connectivity index (χ2v) is 8.32. The van der Waals surface area contributed by atoms with Crippen LogP contribution in [0.5, 0.6) is 0 Å². The Balaban J connectivity index is 1.89. The summed E-state index contributed by atoms with van der Waals surface area (Å²) in [5.74, 6) is -1.77. The number of aromatic nitrogens is 2. The molecule has 0 saturated heterocycles. The summed E-state index contributed by atoms with van der Waals surface area (Å²) in [6, 6.07) is 7.04. The topological polar surface area (TPSA) is 61.7 Å². The third kappa shape index (κ3) is 5.82. The second-order valence-electron chi connectivity index (χ2n) is 7.92. The van der Waals surface area contributed by atoms with Crippen molar-refractivity contribution in [2.75, 3.05) is 13.1 Å². The molecule has 0 aliphatic rings. The van der Waals surface area contributed by atoms with Gasteiger partial charge in [0.15, 0.2) is 0 Å². The predicted octanol–water partition coefficient (Wildman–Crippen LogP) is 6.99. The van der Waals surface area contributed by atoms with Crippen molar-refractivity contribution >= 4 is 39.5 Å². The Hall–Kier alpha value is -3.22. The van der Waals surface area contributed by atoms with Gasteiger partial charge >= 0.3 is 0 Å². The van der Waals surface area contributed by atoms with Crippen molar-refractivity contribution in [3.63, 3.8) is 0 Å². The summed E-state index contributed by atoms with van der Waals surface area (Å²) in [5, 5.41) is 11.5. The summed E-state index contributed by atoms with van der Waals surface area (Å²) >= 11 is 5.78. The Morgan fingerprint density at radius 2 is 1.88 bits per heavy atom. The number of nitrogens with one attached hydrogen (secondary N) is 2. The summed E-state index contributed by atoms with van der Waals surface area (Å²) in [6.45, 7) is 14.1. The minimum Gasteiger partial charge on any atom is -0.313 e. The number of rotatable bonds is 10. The molecule has 2 heterocycles. The van der Waals surface area contributed by atoms with Gasteiger partial charge in [0, 0.05) is 35.5 Å². The number of allylic oxidation sites excluding steroid dienone is 3. The van der Waals surface area contributed by atoms with Gasteiger partial charge in [0.05, 0.1) is 27.5 Å². The van der Waals surface area contributed by atoms with Crippen LogP contribution in [0, 0.1) is 17.0 Å². The van der Waals surface area contributed by atoms with Crippen molar-refractivity contribution in [2.24, 2.45) is 0 Å². The number of halogens is 3. The van der Waals surface area contributed by atoms with Crippen LogP contribution in [0.15, 0.2) is 61.3 Å². The van der Waals surface area contributed by atoms with Crippen molar-refractivity contribution in [3.05, 3.63) is 94.8 Å². The van der Waals surface area contributed by atoms with Crippen molar-refractivity contribution < 1.29 is 8.78 Å². The minimum absolute atomic E-state index is 0.146. The van der Waals surface area contributed by atoms with Crippen LogP contribution < -0.4 is 5.32 Å². The molecule has 0 saturated carbocycles. The van der Waals surface area contributed by atoms with E-state index in [4.69, 9.17) is 17.0 Å². The first-order chi connectivity index (χ1) is 16.2. The van der Waals surface area contributed by atoms with E-state index in [1.54, 1.807) is 18.3 Å². The lowest BCUT2D eigenvalue weighted by Crippen LogP contribution is -2.17. The van der Waals surface area contributed by atoms with Gasteiger partial charge in [0.2, 0.25) is 0 Å². The zero-order chi connectivity index (χ0) is 24.8. The van der Waals surface area contributed by atoms with Gasteiger partial charge in [-0.05, 0) is 49.2 Å². The van der Waals surface area contributed by atoms with E-state index >= 15 is 0 Å². The molecule has 0 fully saturated rings. The van der Waals surface area contributed by atoms with Gasteiger partial charge in [-0.2, -0.15) is 0 Å². The van der Waals surface area contributed by atoms with Crippen molar-refractivity contribution in [3.8, 4) is 0 Å². The van der Waals surface area contributed by atoms with E-state index in [0.717, 1.165) is 43.1 Å². The maximum absolute atomic E-state index is 14.3. The van der Waals surface area contributed by atoms with E-state index in [1.165, 1.54) is 5.57 Å². The standard InChI is InChI=1S/C27H27ClF2N4/c1-5-9-32-14-18(6-2)10-16(3)19-11-26-25(33-15-19)8-7-24(34-26)17(4)27(31)20-12-21(28)23(30)13-22(20)29/h7-8,10-13,15,31-32H,3-6,9,14H2,1-2H3/b18-10+,31-27?. The Morgan fingerprint density at radius 3 is 2.59 bits per heavy atom. The Kier molecular flexibility index (Phi) is 8.42. The van der Waals surface area contributed by atoms with Crippen LogP contribution in [0.4, 0.5) is 8.78 Å². The highest BCUT2D eigenvalue weighted by Gasteiger charge is 2.17. The fourth-order valence-corrected chi connectivity index (χ4v) is 3.55. The average molecular weight is 481 g/mol. The van der Waals surface area contributed by atoms with Gasteiger partial charge < -0.3 is 5.32 Å². The molecule has 2 aromatic heterocycles. The van der Waals surface area contributed by atoms with Crippen LogP contribution in [0.1, 0.15) is 43.5 Å². The molecule has 0 bridgehead atoms. The number of nitrogens with zero attached hydrogens (tertiary/aromatic N) is 2. The third-order valence-electron chi connectivity index (χ3n) is 5.41. The molecule has 2 N–H and O–H groups in total. The number of hydrogen-bond acceptors (Lipinski definition) is 4. The highest BCUT2D eigenvalue weighted by Crippen LogP contribution is 2.26. The van der Waals surface area contributed by atoms with E-state index < -0.39 is 11.6 Å². The summed E-state index contributed by atoms with van der Waals surface area (Å²) in [6.07, 6.45) is 5.79. The summed E-state index contributed by atoms with van der Waals surface area (Å²) in [4.78, 5) is 9.07. The third-order valence-corrected chi connectivity index (χ3v) is 5.70. The number of benzene rings is 1. The van der Waals surface area contributed by atoms with Crippen LogP contribution in [0.25, 0.3) is 22.2 Å². The maximum atomic E-state index is 14.3. The monoisotopic (exact) mass is 480 g/mol. The predicted molar refractivity (Wildman–Crippen MR) is 137 cm³/mol. The van der Waals surface area contributed by atoms with Gasteiger partial charge in [-0.3, -0.25) is 10.4 Å². The number of pyridine rings is 2. The quantitative estimate of drug-likeness (QED) is 0.142. The fourth-order valence-electron chi connectivity index (χ4n) is 3.39. The first-order valence-electron chi connectivity index (χ1n) is 11.0. The molecule has 176 valence electrons. The molecule has 34 heavy (non-hydrogen) atoms. The van der Waals surface area contributed by atoms with E-state index in [0.29, 0.717) is 22.8 Å². The van der Waals surface area contributed by atoms with Crippen molar-refractivity contribution in [1.82, 2.24) is 15.3 Å². The smallest absolute Gasteiger partial charge is 0.144 e. The molecule has 0 aliphatic heterocycles. The van der Waals surface area contributed by atoms with Crippen molar-refractivity contribution in [2.45, 2.75) is 26.7 Å². The van der Waals surface area contributed by atoms with Gasteiger partial charge in [0.25, 0.3) is 0 Å². The largest absolute Gasteiger partial charge is 0.313 e. The molecule has 3 aromatic rings. The van der Waals surface area contributed by atoms with Crippen LogP contribution in [-0.2, 0) is 0 Å². The van der Waals surface area contributed by atoms with E-state index in [-0.39, 0.29) is 21.9 Å². The van der Waals surface area contributed by atoms with Gasteiger partial charge in [-0.25, -0.2) is 13.8 Å². The summed E-state index contributed by atoms with van der Waals surface area (Å²) in [5.41, 5.74) is 4.35. The molecule has 1 aromatic carbocycles. The van der Waals surface area contributed by atoms with Gasteiger partial charge in [-0.15, -0.1) is 0 Å². The lowest BCUT2D eigenvalue weighted by molar-refractivity contribution is 0.582. The zero-order valence-electron chi connectivity index (χ0n) is 19.3. The lowest BCUT2D eigenvalue weighted by atomic mass is 9.99. The molecule has 3 rings (SSSR count). The normalized spacial score (nSPS) is 11.6. The molecule has 7 heteroatoms. The zero-order valence-corrected chi connectivity index (χ0v) is 20.1. The fraction of sp³-hybridized carbons (Fsp3) is 0.222. The molecule has 0 atom stereocenters. The summed E-state index contributed by atoms with van der Waals surface area (Å²) in [7, 11) is 0. The number of fused-ring (bicyclic) bond motifs is 1. The van der Waals surface area contributed by atoms with E-state index in [9.17, 15) is 8.78 Å². The van der Waals surface area contributed by atoms with Crippen molar-refractivity contribution in [1.29, 1.82) is 5.41 Å². The van der Waals surface area contributed by atoms with E-state index in [2.05, 4.69) is 48.4 Å². The lowest BCUT2D eigenvalue weighted by Gasteiger charge is -2.11. The second kappa shape index (κ2) is 11.3. The number of hydrogen-bond donors (Lipinski definition) is 2.